The van der Waals surface area contributed by atoms with Gasteiger partial charge in [0.1, 0.15) is 23.7 Å². The summed E-state index contributed by atoms with van der Waals surface area (Å²) in [6.45, 7) is 2.95. The van der Waals surface area contributed by atoms with Gasteiger partial charge in [-0.2, -0.15) is 0 Å². The summed E-state index contributed by atoms with van der Waals surface area (Å²) >= 11 is 0. The maximum absolute atomic E-state index is 13.4. The van der Waals surface area contributed by atoms with Gasteiger partial charge in [-0.05, 0) is 72.0 Å². The van der Waals surface area contributed by atoms with E-state index in [1.54, 1.807) is 7.11 Å². The van der Waals surface area contributed by atoms with Gasteiger partial charge in [0, 0.05) is 58.4 Å². The number of carbonyl (C=O) groups excluding carboxylic acids is 1. The van der Waals surface area contributed by atoms with E-state index in [-0.39, 0.29) is 44.8 Å². The molecule has 2 aromatic rings. The first-order valence-electron chi connectivity index (χ1n) is 14.9. The van der Waals surface area contributed by atoms with Crippen molar-refractivity contribution in [1.29, 1.82) is 0 Å². The zero-order valence-electron chi connectivity index (χ0n) is 25.9. The number of hydrogen-bond acceptors (Lipinski definition) is 4. The predicted molar refractivity (Wildman–Crippen MR) is 168 cm³/mol. The number of nitrogens with zero attached hydrogens (tertiary/aromatic N) is 3. The fourth-order valence-corrected chi connectivity index (χ4v) is 5.79. The van der Waals surface area contributed by atoms with E-state index in [1.165, 1.54) is 57.2 Å². The number of piperidine rings is 2. The molecule has 6 nitrogen and oxygen atoms in total. The molecule has 5 rings (SSSR count). The normalized spacial score (nSPS) is 21.1. The van der Waals surface area contributed by atoms with Crippen LogP contribution in [-0.2, 0) is 37.5 Å². The van der Waals surface area contributed by atoms with E-state index in [2.05, 4.69) is 10.6 Å². The molecule has 1 saturated carbocycles. The molecule has 9 heteroatoms. The van der Waals surface area contributed by atoms with Crippen molar-refractivity contribution in [3.63, 3.8) is 0 Å². The Morgan fingerprint density at radius 1 is 1.07 bits per heavy atom. The van der Waals surface area contributed by atoms with Crippen molar-refractivity contribution in [3.05, 3.63) is 94.2 Å². The average molecular weight is 670 g/mol. The Bertz CT molecular complexity index is 1180. The summed E-state index contributed by atoms with van der Waals surface area (Å²) in [6, 6.07) is 10.8. The van der Waals surface area contributed by atoms with Crippen LogP contribution in [0.15, 0.2) is 60.8 Å². The van der Waals surface area contributed by atoms with E-state index in [4.69, 9.17) is 10.5 Å². The molecule has 1 aliphatic carbocycles. The molecule has 3 aliphatic rings. The molecule has 1 spiro atoms. The summed E-state index contributed by atoms with van der Waals surface area (Å²) in [7, 11) is 5.47. The van der Waals surface area contributed by atoms with Crippen molar-refractivity contribution in [3.8, 4) is 5.75 Å². The summed E-state index contributed by atoms with van der Waals surface area (Å²) in [5.41, 5.74) is 8.53. The number of hydrogen-bond donors (Lipinski definition) is 1. The minimum atomic E-state index is -0.430. The zero-order valence-corrected chi connectivity index (χ0v) is 28.7. The van der Waals surface area contributed by atoms with Crippen LogP contribution in [0.25, 0.3) is 16.2 Å². The number of benzene rings is 2. The fraction of sp³-hybridized carbons (Fsp3) is 0.500. The molecule has 2 heterocycles. The van der Waals surface area contributed by atoms with E-state index >= 15 is 0 Å². The monoisotopic (exact) mass is 669 g/mol. The number of carbonyl (C=O) groups is 1. The van der Waals surface area contributed by atoms with Crippen LogP contribution in [0.4, 0.5) is 8.78 Å². The fourth-order valence-electron chi connectivity index (χ4n) is 5.79. The van der Waals surface area contributed by atoms with E-state index in [0.29, 0.717) is 23.9 Å². The minimum absolute atomic E-state index is 0. The summed E-state index contributed by atoms with van der Waals surface area (Å²) in [5.74, 6) is -0.0796. The molecule has 3 fully saturated rings. The third-order valence-electron chi connectivity index (χ3n) is 8.05. The van der Waals surface area contributed by atoms with E-state index in [1.807, 2.05) is 55.5 Å². The summed E-state index contributed by atoms with van der Waals surface area (Å²) in [4.78, 5) is 12.6. The second kappa shape index (κ2) is 19.4. The van der Waals surface area contributed by atoms with Crippen LogP contribution in [0.3, 0.4) is 0 Å². The van der Waals surface area contributed by atoms with Crippen LogP contribution in [0, 0.1) is 17.0 Å². The summed E-state index contributed by atoms with van der Waals surface area (Å²) in [6.07, 6.45) is 16.2. The number of rotatable bonds is 6. The van der Waals surface area contributed by atoms with Crippen molar-refractivity contribution in [2.45, 2.75) is 63.5 Å². The molecule has 43 heavy (non-hydrogen) atoms. The number of allylic oxidation sites excluding steroid dienone is 3. The average Bonchev–Trinajstić information content (AvgIpc) is 3.44. The number of methoxy groups -OCH3 is 1. The standard InChI is InChI=1S/C14H17NO2.C11H13F2N2.C9H16N.Y/c1-15(2)10-8-12(9-11-16)13-6-4-5-7-14(13)17-3;12-7-1-2-10(13)9(5-7)11-6-8(14)3-4-15-11;1-2-5-9(4-1)6-3-7-10-8-9;/h4-11H,1-3H3;1-2,5,8,11H,3-4,6,14H2;1-8H2;/q;2*-1;/b10-8-,12-9+;;;. The van der Waals surface area contributed by atoms with Gasteiger partial charge in [0.05, 0.1) is 7.11 Å². The van der Waals surface area contributed by atoms with E-state index in [0.717, 1.165) is 48.3 Å². The number of ether oxygens (including phenoxy) is 1. The second-order valence-corrected chi connectivity index (χ2v) is 11.5. The van der Waals surface area contributed by atoms with Gasteiger partial charge in [0.25, 0.3) is 0 Å². The molecule has 2 aromatic carbocycles. The van der Waals surface area contributed by atoms with Gasteiger partial charge < -0.3 is 26.0 Å². The first-order valence-corrected chi connectivity index (χ1v) is 14.9. The van der Waals surface area contributed by atoms with Gasteiger partial charge >= 0.3 is 0 Å². The molecule has 0 amide bonds. The summed E-state index contributed by atoms with van der Waals surface area (Å²) in [5, 5.41) is 8.78. The number of nitrogens with two attached hydrogens (primary N) is 1. The molecule has 2 saturated heterocycles. The SMILES string of the molecule is C1CCC2(C1)CCC[N-]C2.COc1ccccc1C(/C=C\N(C)C)=C/C=O.NC1CC[N-]C(c2cc(F)ccc2F)C1.[Y]. The second-order valence-electron chi connectivity index (χ2n) is 11.5. The first-order chi connectivity index (χ1) is 20.3. The molecule has 0 bridgehead atoms. The molecule has 0 aromatic heterocycles. The Kier molecular flexibility index (Phi) is 16.8. The van der Waals surface area contributed by atoms with Crippen molar-refractivity contribution >= 4 is 11.9 Å². The molecule has 2 aliphatic heterocycles. The number of aldehydes is 1. The van der Waals surface area contributed by atoms with E-state index < -0.39 is 11.6 Å². The maximum Gasteiger partial charge on any atom is 0.143 e. The number of halogens is 2. The van der Waals surface area contributed by atoms with Crippen molar-refractivity contribution < 1.29 is 51.0 Å². The van der Waals surface area contributed by atoms with Crippen LogP contribution < -0.4 is 10.5 Å². The quantitative estimate of drug-likeness (QED) is 0.196. The Hall–Kier alpha value is -1.97. The van der Waals surface area contributed by atoms with Crippen LogP contribution in [0.2, 0.25) is 0 Å². The maximum atomic E-state index is 13.4. The van der Waals surface area contributed by atoms with Crippen molar-refractivity contribution in [2.24, 2.45) is 11.1 Å². The summed E-state index contributed by atoms with van der Waals surface area (Å²) < 4.78 is 31.6. The third-order valence-corrected chi connectivity index (χ3v) is 8.05. The number of para-hydroxylation sites is 1. The van der Waals surface area contributed by atoms with Gasteiger partial charge in [-0.1, -0.05) is 56.7 Å². The molecule has 2 unspecified atom stereocenters. The Morgan fingerprint density at radius 2 is 1.79 bits per heavy atom. The molecule has 233 valence electrons. The van der Waals surface area contributed by atoms with Gasteiger partial charge in [0.2, 0.25) is 0 Å². The Morgan fingerprint density at radius 3 is 2.42 bits per heavy atom. The molecule has 2 atom stereocenters. The smallest absolute Gasteiger partial charge is 0.143 e. The van der Waals surface area contributed by atoms with Crippen molar-refractivity contribution in [1.82, 2.24) is 4.90 Å². The largest absolute Gasteiger partial charge is 0.662 e. The predicted octanol–water partition coefficient (Wildman–Crippen LogP) is 7.57. The van der Waals surface area contributed by atoms with Gasteiger partial charge in [0.15, 0.2) is 0 Å². The van der Waals surface area contributed by atoms with Gasteiger partial charge in [-0.15, -0.1) is 25.7 Å². The Labute approximate surface area is 281 Å². The third kappa shape index (κ3) is 12.2. The van der Waals surface area contributed by atoms with Crippen LogP contribution in [0.1, 0.15) is 68.5 Å². The zero-order chi connectivity index (χ0) is 30.4. The molecular formula is C34H46F2N4O2Y-2. The van der Waals surface area contributed by atoms with Gasteiger partial charge in [-0.3, -0.25) is 4.79 Å². The van der Waals surface area contributed by atoms with Crippen LogP contribution >= 0.6 is 0 Å². The first kappa shape index (κ1) is 37.2. The van der Waals surface area contributed by atoms with Gasteiger partial charge in [-0.25, -0.2) is 8.78 Å². The molecule has 1 radical (unpaired) electrons. The topological polar surface area (TPSA) is 83.8 Å². The molecule has 2 N–H and O–H groups in total. The van der Waals surface area contributed by atoms with Crippen molar-refractivity contribution in [2.75, 3.05) is 40.8 Å². The minimum Gasteiger partial charge on any atom is -0.662 e. The van der Waals surface area contributed by atoms with Crippen LogP contribution in [0.5, 0.6) is 5.75 Å². The van der Waals surface area contributed by atoms with E-state index in [9.17, 15) is 13.6 Å². The molecular weight excluding hydrogens is 623 g/mol. The Balaban J connectivity index is 0.000000229. The van der Waals surface area contributed by atoms with Crippen LogP contribution in [-0.4, -0.2) is 58.1 Å².